The Kier molecular flexibility index (Phi) is 3.46. The number of para-hydroxylation sites is 1. The normalized spacial score (nSPS) is 18.7. The monoisotopic (exact) mass is 310 g/mol. The number of nitrogens with one attached hydrogen (secondary N) is 1. The Morgan fingerprint density at radius 2 is 2.26 bits per heavy atom. The number of aromatic nitrogens is 3. The maximum Gasteiger partial charge on any atom is 0.258 e. The summed E-state index contributed by atoms with van der Waals surface area (Å²) in [7, 11) is 0. The molecule has 3 heterocycles. The van der Waals surface area contributed by atoms with Crippen LogP contribution in [0.25, 0.3) is 10.9 Å². The van der Waals surface area contributed by atoms with Gasteiger partial charge in [-0.25, -0.2) is 9.97 Å². The van der Waals surface area contributed by atoms with E-state index in [0.717, 1.165) is 42.2 Å². The fourth-order valence-corrected chi connectivity index (χ4v) is 3.26. The first-order valence-corrected chi connectivity index (χ1v) is 7.84. The standard InChI is InChI=1S/C17H18N4O2/c1-11-14(18-10-23-11)9-21-8-4-7-15(21)16-19-13-6-3-2-5-12(13)17(22)20-16/h2-3,5-6,10,15H,4,7-9H2,1H3,(H,19,20,22). The highest BCUT2D eigenvalue weighted by Crippen LogP contribution is 2.31. The largest absolute Gasteiger partial charge is 0.448 e. The molecule has 0 spiro atoms. The second kappa shape index (κ2) is 5.62. The van der Waals surface area contributed by atoms with Gasteiger partial charge in [0.05, 0.1) is 22.6 Å². The molecule has 6 heteroatoms. The van der Waals surface area contributed by atoms with E-state index in [1.165, 1.54) is 6.39 Å². The molecular weight excluding hydrogens is 292 g/mol. The number of rotatable bonds is 3. The highest BCUT2D eigenvalue weighted by atomic mass is 16.3. The predicted octanol–water partition coefficient (Wildman–Crippen LogP) is 2.56. The lowest BCUT2D eigenvalue weighted by molar-refractivity contribution is 0.236. The second-order valence-electron chi connectivity index (χ2n) is 5.95. The van der Waals surface area contributed by atoms with Crippen molar-refractivity contribution in [1.82, 2.24) is 19.9 Å². The number of H-pyrrole nitrogens is 1. The fraction of sp³-hybridized carbons (Fsp3) is 0.353. The van der Waals surface area contributed by atoms with E-state index in [0.29, 0.717) is 11.9 Å². The van der Waals surface area contributed by atoms with Crippen LogP contribution in [0.1, 0.15) is 36.2 Å². The topological polar surface area (TPSA) is 75.0 Å². The molecule has 2 aromatic heterocycles. The Morgan fingerprint density at radius 3 is 3.09 bits per heavy atom. The Bertz CT molecular complexity index is 899. The molecule has 1 aromatic carbocycles. The molecule has 0 saturated carbocycles. The van der Waals surface area contributed by atoms with E-state index < -0.39 is 0 Å². The lowest BCUT2D eigenvalue weighted by Gasteiger charge is -2.23. The van der Waals surface area contributed by atoms with Gasteiger partial charge >= 0.3 is 0 Å². The summed E-state index contributed by atoms with van der Waals surface area (Å²) in [5, 5.41) is 0.633. The number of benzene rings is 1. The molecule has 4 rings (SSSR count). The summed E-state index contributed by atoms with van der Waals surface area (Å²) in [5.74, 6) is 1.59. The van der Waals surface area contributed by atoms with Gasteiger partial charge in [-0.15, -0.1) is 0 Å². The van der Waals surface area contributed by atoms with Crippen LogP contribution in [-0.2, 0) is 6.54 Å². The summed E-state index contributed by atoms with van der Waals surface area (Å²) in [6.45, 7) is 3.60. The van der Waals surface area contributed by atoms with Crippen LogP contribution in [0, 0.1) is 6.92 Å². The van der Waals surface area contributed by atoms with Gasteiger partial charge in [-0.1, -0.05) is 12.1 Å². The zero-order valence-corrected chi connectivity index (χ0v) is 13.0. The summed E-state index contributed by atoms with van der Waals surface area (Å²) in [5.41, 5.74) is 1.62. The summed E-state index contributed by atoms with van der Waals surface area (Å²) in [4.78, 5) is 26.5. The highest BCUT2D eigenvalue weighted by Gasteiger charge is 2.29. The van der Waals surface area contributed by atoms with Crippen LogP contribution < -0.4 is 5.56 Å². The van der Waals surface area contributed by atoms with Crippen LogP contribution in [0.4, 0.5) is 0 Å². The molecule has 1 fully saturated rings. The minimum absolute atomic E-state index is 0.0740. The first kappa shape index (κ1) is 14.1. The SMILES string of the molecule is Cc1ocnc1CN1CCCC1c1nc2ccccc2c(=O)[nH]1. The first-order valence-electron chi connectivity index (χ1n) is 7.84. The number of fused-ring (bicyclic) bond motifs is 1. The average molecular weight is 310 g/mol. The molecule has 6 nitrogen and oxygen atoms in total. The molecule has 3 aromatic rings. The van der Waals surface area contributed by atoms with Gasteiger partial charge in [-0.3, -0.25) is 9.69 Å². The minimum atomic E-state index is -0.0740. The number of oxazole rings is 1. The zero-order chi connectivity index (χ0) is 15.8. The predicted molar refractivity (Wildman–Crippen MR) is 86.0 cm³/mol. The highest BCUT2D eigenvalue weighted by molar-refractivity contribution is 5.77. The Balaban J connectivity index is 1.69. The summed E-state index contributed by atoms with van der Waals surface area (Å²) in [6, 6.07) is 7.56. The molecule has 118 valence electrons. The van der Waals surface area contributed by atoms with Crippen LogP contribution in [0.5, 0.6) is 0 Å². The summed E-state index contributed by atoms with van der Waals surface area (Å²) < 4.78 is 5.28. The molecule has 0 radical (unpaired) electrons. The van der Waals surface area contributed by atoms with Crippen molar-refractivity contribution in [3.63, 3.8) is 0 Å². The van der Waals surface area contributed by atoms with Crippen molar-refractivity contribution in [1.29, 1.82) is 0 Å². The molecule has 0 bridgehead atoms. The van der Waals surface area contributed by atoms with Crippen LogP contribution in [0.15, 0.2) is 39.9 Å². The minimum Gasteiger partial charge on any atom is -0.448 e. The molecule has 1 aliphatic rings. The van der Waals surface area contributed by atoms with Crippen LogP contribution in [-0.4, -0.2) is 26.4 Å². The summed E-state index contributed by atoms with van der Waals surface area (Å²) >= 11 is 0. The van der Waals surface area contributed by atoms with Crippen molar-refractivity contribution in [3.8, 4) is 0 Å². The smallest absolute Gasteiger partial charge is 0.258 e. The van der Waals surface area contributed by atoms with Gasteiger partial charge in [-0.2, -0.15) is 0 Å². The van der Waals surface area contributed by atoms with Gasteiger partial charge in [0, 0.05) is 6.54 Å². The fourth-order valence-electron chi connectivity index (χ4n) is 3.26. The van der Waals surface area contributed by atoms with Gasteiger partial charge in [-0.05, 0) is 38.4 Å². The van der Waals surface area contributed by atoms with E-state index in [4.69, 9.17) is 4.42 Å². The van der Waals surface area contributed by atoms with Gasteiger partial charge in [0.1, 0.15) is 11.6 Å². The quantitative estimate of drug-likeness (QED) is 0.804. The number of hydrogen-bond donors (Lipinski definition) is 1. The maximum atomic E-state index is 12.3. The summed E-state index contributed by atoms with van der Waals surface area (Å²) in [6.07, 6.45) is 3.54. The van der Waals surface area contributed by atoms with E-state index in [9.17, 15) is 4.79 Å². The number of aryl methyl sites for hydroxylation is 1. The molecule has 1 saturated heterocycles. The van der Waals surface area contributed by atoms with E-state index in [-0.39, 0.29) is 11.6 Å². The molecule has 0 aliphatic carbocycles. The van der Waals surface area contributed by atoms with Gasteiger partial charge in [0.15, 0.2) is 6.39 Å². The van der Waals surface area contributed by atoms with Crippen molar-refractivity contribution in [3.05, 3.63) is 58.3 Å². The Hall–Kier alpha value is -2.47. The van der Waals surface area contributed by atoms with E-state index in [1.54, 1.807) is 6.07 Å². The second-order valence-corrected chi connectivity index (χ2v) is 5.95. The van der Waals surface area contributed by atoms with Gasteiger partial charge < -0.3 is 9.40 Å². The molecule has 23 heavy (non-hydrogen) atoms. The molecular formula is C17H18N4O2. The van der Waals surface area contributed by atoms with E-state index in [1.807, 2.05) is 25.1 Å². The number of likely N-dealkylation sites (tertiary alicyclic amines) is 1. The first-order chi connectivity index (χ1) is 11.2. The lowest BCUT2D eigenvalue weighted by Crippen LogP contribution is -2.26. The zero-order valence-electron chi connectivity index (χ0n) is 13.0. The Labute approximate surface area is 133 Å². The van der Waals surface area contributed by atoms with Crippen LogP contribution in [0.3, 0.4) is 0 Å². The van der Waals surface area contributed by atoms with Gasteiger partial charge in [0.2, 0.25) is 0 Å². The molecule has 1 atom stereocenters. The van der Waals surface area contributed by atoms with E-state index >= 15 is 0 Å². The van der Waals surface area contributed by atoms with Crippen molar-refractivity contribution < 1.29 is 4.42 Å². The maximum absolute atomic E-state index is 12.3. The number of nitrogens with zero attached hydrogens (tertiary/aromatic N) is 3. The lowest BCUT2D eigenvalue weighted by atomic mass is 10.2. The van der Waals surface area contributed by atoms with Crippen LogP contribution in [0.2, 0.25) is 0 Å². The number of aromatic amines is 1. The Morgan fingerprint density at radius 1 is 1.39 bits per heavy atom. The van der Waals surface area contributed by atoms with Crippen molar-refractivity contribution in [2.75, 3.05) is 6.54 Å². The molecule has 1 aliphatic heterocycles. The van der Waals surface area contributed by atoms with Crippen molar-refractivity contribution >= 4 is 10.9 Å². The average Bonchev–Trinajstić information content (AvgIpc) is 3.17. The third-order valence-corrected chi connectivity index (χ3v) is 4.51. The molecule has 0 amide bonds. The molecule has 1 unspecified atom stereocenters. The molecule has 1 N–H and O–H groups in total. The van der Waals surface area contributed by atoms with Crippen LogP contribution >= 0.6 is 0 Å². The number of hydrogen-bond acceptors (Lipinski definition) is 5. The third kappa shape index (κ3) is 2.55. The third-order valence-electron chi connectivity index (χ3n) is 4.51. The van der Waals surface area contributed by atoms with Crippen molar-refractivity contribution in [2.45, 2.75) is 32.4 Å². The van der Waals surface area contributed by atoms with Crippen molar-refractivity contribution in [2.24, 2.45) is 0 Å². The van der Waals surface area contributed by atoms with E-state index in [2.05, 4.69) is 19.9 Å². The van der Waals surface area contributed by atoms with Gasteiger partial charge in [0.25, 0.3) is 5.56 Å².